The highest BCUT2D eigenvalue weighted by Crippen LogP contribution is 2.33. The van der Waals surface area contributed by atoms with Gasteiger partial charge in [-0.2, -0.15) is 31.8 Å². The lowest BCUT2D eigenvalue weighted by Gasteiger charge is -2.32. The largest absolute Gasteiger partial charge is 0.480 e. The van der Waals surface area contributed by atoms with Crippen LogP contribution in [0.1, 0.15) is 45.1 Å². The molecular formula is C21H20F3N5O3S. The standard InChI is InChI=1S/C21H18F3N5O3.H2S/c1-12-11-28(15-5-3-14(4-6-15)21(22,23)24)20(31)19-13(8-26-29(12)19)7-17(30)16-9-25-10-18(27-16)32-2;/h3-6,8-10,12H,7,11H2,1-2H3;1H2/t12-;/m0./s1. The third-order valence-electron chi connectivity index (χ3n) is 5.15. The zero-order valence-electron chi connectivity index (χ0n) is 17.6. The van der Waals surface area contributed by atoms with E-state index in [9.17, 15) is 22.8 Å². The first-order chi connectivity index (χ1) is 15.2. The molecule has 12 heteroatoms. The van der Waals surface area contributed by atoms with Gasteiger partial charge in [-0.15, -0.1) is 0 Å². The van der Waals surface area contributed by atoms with E-state index in [4.69, 9.17) is 4.74 Å². The summed E-state index contributed by atoms with van der Waals surface area (Å²) < 4.78 is 45.1. The van der Waals surface area contributed by atoms with Crippen LogP contribution in [-0.4, -0.2) is 45.1 Å². The van der Waals surface area contributed by atoms with E-state index >= 15 is 0 Å². The average molecular weight is 479 g/mol. The maximum atomic E-state index is 13.2. The Hall–Kier alpha value is -3.41. The second-order valence-corrected chi connectivity index (χ2v) is 7.32. The fraction of sp³-hybridized carbons (Fsp3) is 0.286. The number of benzene rings is 1. The number of anilines is 1. The maximum absolute atomic E-state index is 13.2. The van der Waals surface area contributed by atoms with Crippen LogP contribution in [0.25, 0.3) is 0 Å². The highest BCUT2D eigenvalue weighted by Gasteiger charge is 2.35. The molecule has 1 amide bonds. The van der Waals surface area contributed by atoms with Crippen LogP contribution in [-0.2, 0) is 12.6 Å². The molecule has 1 aliphatic heterocycles. The Morgan fingerprint density at radius 3 is 2.52 bits per heavy atom. The van der Waals surface area contributed by atoms with Gasteiger partial charge in [0.2, 0.25) is 5.88 Å². The summed E-state index contributed by atoms with van der Waals surface area (Å²) in [6.45, 7) is 2.06. The number of rotatable bonds is 5. The molecule has 1 aromatic carbocycles. The second kappa shape index (κ2) is 9.22. The van der Waals surface area contributed by atoms with Gasteiger partial charge in [0, 0.05) is 24.2 Å². The Morgan fingerprint density at radius 1 is 1.18 bits per heavy atom. The monoisotopic (exact) mass is 479 g/mol. The van der Waals surface area contributed by atoms with Gasteiger partial charge in [-0.25, -0.2) is 4.98 Å². The number of halogens is 3. The number of ether oxygens (including phenoxy) is 1. The predicted molar refractivity (Wildman–Crippen MR) is 117 cm³/mol. The summed E-state index contributed by atoms with van der Waals surface area (Å²) in [5, 5.41) is 4.25. The van der Waals surface area contributed by atoms with Crippen molar-refractivity contribution in [3.05, 3.63) is 65.4 Å². The van der Waals surface area contributed by atoms with Crippen LogP contribution in [0.4, 0.5) is 18.9 Å². The molecule has 3 aromatic rings. The van der Waals surface area contributed by atoms with Gasteiger partial charge >= 0.3 is 6.18 Å². The number of methoxy groups -OCH3 is 1. The number of Topliss-reactive ketones (excluding diaryl/α,β-unsaturated/α-hetero) is 1. The number of hydrogen-bond donors (Lipinski definition) is 0. The fourth-order valence-corrected chi connectivity index (χ4v) is 3.55. The van der Waals surface area contributed by atoms with E-state index in [1.54, 1.807) is 0 Å². The number of amides is 1. The molecule has 0 radical (unpaired) electrons. The molecule has 0 saturated heterocycles. The summed E-state index contributed by atoms with van der Waals surface area (Å²) in [5.74, 6) is -0.634. The van der Waals surface area contributed by atoms with Crippen LogP contribution >= 0.6 is 13.5 Å². The molecule has 0 N–H and O–H groups in total. The van der Waals surface area contributed by atoms with E-state index in [1.807, 2.05) is 6.92 Å². The highest BCUT2D eigenvalue weighted by molar-refractivity contribution is 7.59. The smallest absolute Gasteiger partial charge is 0.416 e. The van der Waals surface area contributed by atoms with E-state index in [1.165, 1.54) is 47.4 Å². The van der Waals surface area contributed by atoms with Gasteiger partial charge in [0.1, 0.15) is 11.4 Å². The maximum Gasteiger partial charge on any atom is 0.416 e. The van der Waals surface area contributed by atoms with Crippen LogP contribution in [0, 0.1) is 0 Å². The Morgan fingerprint density at radius 2 is 1.88 bits per heavy atom. The second-order valence-electron chi connectivity index (χ2n) is 7.32. The average Bonchev–Trinajstić information content (AvgIpc) is 3.20. The first-order valence-electron chi connectivity index (χ1n) is 9.63. The summed E-state index contributed by atoms with van der Waals surface area (Å²) in [6.07, 6.45) is -0.486. The van der Waals surface area contributed by atoms with Crippen molar-refractivity contribution < 1.29 is 27.5 Å². The van der Waals surface area contributed by atoms with Crippen molar-refractivity contribution in [3.8, 4) is 5.88 Å². The molecule has 33 heavy (non-hydrogen) atoms. The number of ketones is 1. The number of nitrogens with zero attached hydrogens (tertiary/aromatic N) is 5. The zero-order chi connectivity index (χ0) is 23.0. The number of aromatic nitrogens is 4. The lowest BCUT2D eigenvalue weighted by Crippen LogP contribution is -2.43. The molecule has 2 aromatic heterocycles. The van der Waals surface area contributed by atoms with Crippen molar-refractivity contribution in [2.75, 3.05) is 18.6 Å². The van der Waals surface area contributed by atoms with Crippen molar-refractivity contribution in [2.24, 2.45) is 0 Å². The van der Waals surface area contributed by atoms with Crippen LogP contribution < -0.4 is 9.64 Å². The van der Waals surface area contributed by atoms with Crippen LogP contribution in [0.15, 0.2) is 42.9 Å². The van der Waals surface area contributed by atoms with Crippen molar-refractivity contribution >= 4 is 30.9 Å². The van der Waals surface area contributed by atoms with Crippen molar-refractivity contribution in [1.82, 2.24) is 19.7 Å². The first-order valence-corrected chi connectivity index (χ1v) is 9.63. The molecule has 1 aliphatic rings. The Balaban J connectivity index is 0.00000306. The minimum absolute atomic E-state index is 0. The van der Waals surface area contributed by atoms with Crippen molar-refractivity contribution in [1.29, 1.82) is 0 Å². The molecule has 0 unspecified atom stereocenters. The number of fused-ring (bicyclic) bond motifs is 1. The van der Waals surface area contributed by atoms with E-state index < -0.39 is 17.6 Å². The van der Waals surface area contributed by atoms with E-state index in [2.05, 4.69) is 15.1 Å². The fourth-order valence-electron chi connectivity index (χ4n) is 3.55. The summed E-state index contributed by atoms with van der Waals surface area (Å²) in [7, 11) is 1.41. The number of hydrogen-bond acceptors (Lipinski definition) is 6. The Labute approximate surface area is 193 Å². The van der Waals surface area contributed by atoms with Crippen LogP contribution in [0.3, 0.4) is 0 Å². The van der Waals surface area contributed by atoms with Gasteiger partial charge < -0.3 is 9.64 Å². The molecule has 174 valence electrons. The van der Waals surface area contributed by atoms with Gasteiger partial charge in [-0.05, 0) is 31.2 Å². The Bertz CT molecular complexity index is 1180. The third kappa shape index (κ3) is 4.70. The quantitative estimate of drug-likeness (QED) is 0.521. The minimum atomic E-state index is -4.47. The predicted octanol–water partition coefficient (Wildman–Crippen LogP) is 3.46. The zero-order valence-corrected chi connectivity index (χ0v) is 18.6. The van der Waals surface area contributed by atoms with Crippen LogP contribution in [0.5, 0.6) is 5.88 Å². The number of carbonyl (C=O) groups is 2. The summed E-state index contributed by atoms with van der Waals surface area (Å²) in [4.78, 5) is 35.3. The van der Waals surface area contributed by atoms with Gasteiger partial charge in [-0.3, -0.25) is 19.3 Å². The molecule has 8 nitrogen and oxygen atoms in total. The molecule has 0 bridgehead atoms. The molecule has 0 fully saturated rings. The van der Waals surface area contributed by atoms with Gasteiger partial charge in [0.15, 0.2) is 5.78 Å². The van der Waals surface area contributed by atoms with Crippen molar-refractivity contribution in [2.45, 2.75) is 25.6 Å². The summed E-state index contributed by atoms with van der Waals surface area (Å²) in [5.41, 5.74) is 0.230. The summed E-state index contributed by atoms with van der Waals surface area (Å²) in [6, 6.07) is 4.15. The van der Waals surface area contributed by atoms with E-state index in [0.29, 0.717) is 11.3 Å². The lowest BCUT2D eigenvalue weighted by atomic mass is 10.0. The van der Waals surface area contributed by atoms with Crippen LogP contribution in [0.2, 0.25) is 0 Å². The highest BCUT2D eigenvalue weighted by atomic mass is 32.1. The summed E-state index contributed by atoms with van der Waals surface area (Å²) >= 11 is 0. The molecule has 0 saturated carbocycles. The van der Waals surface area contributed by atoms with Gasteiger partial charge in [0.25, 0.3) is 5.91 Å². The molecule has 1 atom stereocenters. The third-order valence-corrected chi connectivity index (χ3v) is 5.15. The normalized spacial score (nSPS) is 15.6. The molecule has 3 heterocycles. The number of alkyl halides is 3. The van der Waals surface area contributed by atoms with E-state index in [-0.39, 0.29) is 55.6 Å². The Kier molecular flexibility index (Phi) is 6.77. The first kappa shape index (κ1) is 24.2. The SMILES string of the molecule is COc1cncc(C(=O)Cc2cnn3c2C(=O)N(c2ccc(C(F)(F)F)cc2)C[C@@H]3C)n1.S. The molecule has 0 aliphatic carbocycles. The van der Waals surface area contributed by atoms with Gasteiger partial charge in [-0.1, -0.05) is 0 Å². The molecule has 0 spiro atoms. The van der Waals surface area contributed by atoms with Gasteiger partial charge in [0.05, 0.1) is 37.3 Å². The topological polar surface area (TPSA) is 90.2 Å². The minimum Gasteiger partial charge on any atom is -0.480 e. The lowest BCUT2D eigenvalue weighted by molar-refractivity contribution is -0.137. The number of carbonyl (C=O) groups excluding carboxylic acids is 2. The van der Waals surface area contributed by atoms with Crippen molar-refractivity contribution in [3.63, 3.8) is 0 Å². The van der Waals surface area contributed by atoms with E-state index in [0.717, 1.165) is 12.1 Å². The molecule has 4 rings (SSSR count). The molecular weight excluding hydrogens is 459 g/mol.